The molecule has 5 rings (SSSR count). The molecule has 2 fully saturated rings. The van der Waals surface area contributed by atoms with Gasteiger partial charge >= 0.3 is 5.97 Å². The first-order chi connectivity index (χ1) is 13.7. The Hall–Kier alpha value is -2.33. The molecule has 0 unspecified atom stereocenters. The smallest absolute Gasteiger partial charge is 0.337 e. The van der Waals surface area contributed by atoms with Crippen LogP contribution in [0.3, 0.4) is 0 Å². The SMILES string of the molecule is COC(=O)c1ccc([C@H]2Nc3ccc(C4CC4)cc3[C@@H]3OCCC[C@H]23)c(C)c1. The third-order valence-electron chi connectivity index (χ3n) is 6.56. The van der Waals surface area contributed by atoms with E-state index in [0.29, 0.717) is 11.5 Å². The molecule has 1 saturated carbocycles. The van der Waals surface area contributed by atoms with Gasteiger partial charge in [0.25, 0.3) is 0 Å². The summed E-state index contributed by atoms with van der Waals surface area (Å²) in [6.07, 6.45) is 5.02. The third kappa shape index (κ3) is 3.00. The van der Waals surface area contributed by atoms with E-state index in [9.17, 15) is 4.79 Å². The summed E-state index contributed by atoms with van der Waals surface area (Å²) in [6.45, 7) is 2.91. The van der Waals surface area contributed by atoms with E-state index in [2.05, 4.69) is 36.5 Å². The van der Waals surface area contributed by atoms with E-state index >= 15 is 0 Å². The van der Waals surface area contributed by atoms with Crippen LogP contribution in [-0.4, -0.2) is 19.7 Å². The lowest BCUT2D eigenvalue weighted by Gasteiger charge is -2.44. The Kier molecular flexibility index (Phi) is 4.39. The average molecular weight is 377 g/mol. The molecule has 2 aromatic carbocycles. The maximum atomic E-state index is 11.9. The van der Waals surface area contributed by atoms with Crippen LogP contribution >= 0.6 is 0 Å². The second-order valence-electron chi connectivity index (χ2n) is 8.40. The van der Waals surface area contributed by atoms with Gasteiger partial charge in [0.15, 0.2) is 0 Å². The van der Waals surface area contributed by atoms with Crippen LogP contribution in [0.15, 0.2) is 36.4 Å². The van der Waals surface area contributed by atoms with Crippen LogP contribution in [0, 0.1) is 12.8 Å². The van der Waals surface area contributed by atoms with Crippen molar-refractivity contribution in [2.45, 2.75) is 50.7 Å². The van der Waals surface area contributed by atoms with Crippen LogP contribution in [0.25, 0.3) is 0 Å². The number of rotatable bonds is 3. The molecule has 2 aliphatic heterocycles. The fourth-order valence-corrected chi connectivity index (χ4v) is 4.94. The summed E-state index contributed by atoms with van der Waals surface area (Å²) in [6, 6.07) is 13.0. The zero-order chi connectivity index (χ0) is 19.3. The van der Waals surface area contributed by atoms with Crippen LogP contribution in [0.5, 0.6) is 0 Å². The van der Waals surface area contributed by atoms with Gasteiger partial charge in [0.2, 0.25) is 0 Å². The first kappa shape index (κ1) is 17.7. The molecule has 0 radical (unpaired) electrons. The number of anilines is 1. The number of carbonyl (C=O) groups is 1. The molecule has 0 amide bonds. The van der Waals surface area contributed by atoms with E-state index < -0.39 is 0 Å². The Labute approximate surface area is 166 Å². The number of methoxy groups -OCH3 is 1. The Morgan fingerprint density at radius 1 is 1.11 bits per heavy atom. The summed E-state index contributed by atoms with van der Waals surface area (Å²) in [4.78, 5) is 11.9. The molecular weight excluding hydrogens is 350 g/mol. The normalized spacial score (nSPS) is 26.0. The lowest BCUT2D eigenvalue weighted by Crippen LogP contribution is -2.36. The highest BCUT2D eigenvalue weighted by Crippen LogP contribution is 2.51. The van der Waals surface area contributed by atoms with E-state index in [1.807, 2.05) is 12.1 Å². The zero-order valence-corrected chi connectivity index (χ0v) is 16.5. The van der Waals surface area contributed by atoms with Crippen molar-refractivity contribution in [3.05, 3.63) is 64.2 Å². The van der Waals surface area contributed by atoms with Crippen molar-refractivity contribution in [2.24, 2.45) is 5.92 Å². The summed E-state index contributed by atoms with van der Waals surface area (Å²) >= 11 is 0. The second kappa shape index (κ2) is 6.93. The van der Waals surface area contributed by atoms with Crippen LogP contribution in [0.4, 0.5) is 5.69 Å². The Balaban J connectivity index is 1.53. The number of ether oxygens (including phenoxy) is 2. The molecule has 4 nitrogen and oxygen atoms in total. The monoisotopic (exact) mass is 377 g/mol. The van der Waals surface area contributed by atoms with E-state index in [-0.39, 0.29) is 18.1 Å². The van der Waals surface area contributed by atoms with Crippen molar-refractivity contribution in [1.82, 2.24) is 0 Å². The topological polar surface area (TPSA) is 47.6 Å². The van der Waals surface area contributed by atoms with Gasteiger partial charge in [0, 0.05) is 23.8 Å². The molecule has 0 aromatic heterocycles. The first-order valence-electron chi connectivity index (χ1n) is 10.4. The molecule has 28 heavy (non-hydrogen) atoms. The quantitative estimate of drug-likeness (QED) is 0.738. The van der Waals surface area contributed by atoms with Crippen molar-refractivity contribution in [1.29, 1.82) is 0 Å². The fraction of sp³-hybridized carbons (Fsp3) is 0.458. The summed E-state index contributed by atoms with van der Waals surface area (Å²) in [5.74, 6) is 0.861. The number of carbonyl (C=O) groups excluding carboxylic acids is 1. The van der Waals surface area contributed by atoms with Crippen molar-refractivity contribution in [3.63, 3.8) is 0 Å². The summed E-state index contributed by atoms with van der Waals surface area (Å²) in [5.41, 5.74) is 6.94. The number of nitrogens with one attached hydrogen (secondary N) is 1. The minimum atomic E-state index is -0.289. The predicted molar refractivity (Wildman–Crippen MR) is 109 cm³/mol. The third-order valence-corrected chi connectivity index (χ3v) is 6.56. The highest BCUT2D eigenvalue weighted by molar-refractivity contribution is 5.89. The van der Waals surface area contributed by atoms with Crippen molar-refractivity contribution >= 4 is 11.7 Å². The molecule has 0 bridgehead atoms. The minimum Gasteiger partial charge on any atom is -0.465 e. The minimum absolute atomic E-state index is 0.147. The number of esters is 1. The Morgan fingerprint density at radius 2 is 1.96 bits per heavy atom. The number of hydrogen-bond acceptors (Lipinski definition) is 4. The highest BCUT2D eigenvalue weighted by Gasteiger charge is 2.41. The fourth-order valence-electron chi connectivity index (χ4n) is 4.94. The standard InChI is InChI=1S/C24H27NO3/c1-14-12-17(24(26)27-2)7-9-18(14)22-19-4-3-11-28-23(19)20-13-16(15-5-6-15)8-10-21(20)25-22/h7-10,12-13,15,19,22-23,25H,3-6,11H2,1-2H3/t19-,22-,23-/m1/s1. The largest absolute Gasteiger partial charge is 0.465 e. The maximum absolute atomic E-state index is 11.9. The number of hydrogen-bond donors (Lipinski definition) is 1. The van der Waals surface area contributed by atoms with E-state index in [4.69, 9.17) is 9.47 Å². The summed E-state index contributed by atoms with van der Waals surface area (Å²) < 4.78 is 11.2. The van der Waals surface area contributed by atoms with Crippen molar-refractivity contribution in [3.8, 4) is 0 Å². The molecule has 3 atom stereocenters. The molecule has 2 heterocycles. The zero-order valence-electron chi connectivity index (χ0n) is 16.5. The number of fused-ring (bicyclic) bond motifs is 3. The number of benzene rings is 2. The summed E-state index contributed by atoms with van der Waals surface area (Å²) in [7, 11) is 1.42. The van der Waals surface area contributed by atoms with Gasteiger partial charge in [-0.1, -0.05) is 18.2 Å². The second-order valence-corrected chi connectivity index (χ2v) is 8.40. The Bertz CT molecular complexity index is 918. The molecule has 1 N–H and O–H groups in total. The van der Waals surface area contributed by atoms with Gasteiger partial charge < -0.3 is 14.8 Å². The Morgan fingerprint density at radius 3 is 2.71 bits per heavy atom. The average Bonchev–Trinajstić information content (AvgIpc) is 3.58. The van der Waals surface area contributed by atoms with E-state index in [0.717, 1.165) is 30.9 Å². The van der Waals surface area contributed by atoms with Gasteiger partial charge in [-0.2, -0.15) is 0 Å². The molecule has 1 saturated heterocycles. The predicted octanol–water partition coefficient (Wildman–Crippen LogP) is 5.29. The molecular formula is C24H27NO3. The van der Waals surface area contributed by atoms with Gasteiger partial charge in [-0.3, -0.25) is 0 Å². The first-order valence-corrected chi connectivity index (χ1v) is 10.4. The van der Waals surface area contributed by atoms with Gasteiger partial charge in [-0.15, -0.1) is 0 Å². The van der Waals surface area contributed by atoms with Gasteiger partial charge in [0.05, 0.1) is 24.8 Å². The van der Waals surface area contributed by atoms with E-state index in [1.165, 1.54) is 42.3 Å². The van der Waals surface area contributed by atoms with Crippen LogP contribution in [-0.2, 0) is 9.47 Å². The number of aryl methyl sites for hydroxylation is 1. The van der Waals surface area contributed by atoms with Crippen LogP contribution < -0.4 is 5.32 Å². The van der Waals surface area contributed by atoms with Gasteiger partial charge in [-0.05, 0) is 73.4 Å². The lowest BCUT2D eigenvalue weighted by atomic mass is 9.76. The molecule has 2 aromatic rings. The molecule has 1 aliphatic carbocycles. The highest BCUT2D eigenvalue weighted by atomic mass is 16.5. The molecule has 3 aliphatic rings. The van der Waals surface area contributed by atoms with Gasteiger partial charge in [-0.25, -0.2) is 4.79 Å². The van der Waals surface area contributed by atoms with Crippen LogP contribution in [0.2, 0.25) is 0 Å². The molecule has 146 valence electrons. The summed E-state index contributed by atoms with van der Waals surface area (Å²) in [5, 5.41) is 3.81. The van der Waals surface area contributed by atoms with Gasteiger partial charge in [0.1, 0.15) is 0 Å². The van der Waals surface area contributed by atoms with Crippen LogP contribution in [0.1, 0.15) is 76.4 Å². The van der Waals surface area contributed by atoms with Crippen molar-refractivity contribution in [2.75, 3.05) is 19.0 Å². The lowest BCUT2D eigenvalue weighted by molar-refractivity contribution is -0.0382. The molecule has 0 spiro atoms. The van der Waals surface area contributed by atoms with Crippen molar-refractivity contribution < 1.29 is 14.3 Å². The van der Waals surface area contributed by atoms with E-state index in [1.54, 1.807) is 0 Å². The molecule has 4 heteroatoms. The maximum Gasteiger partial charge on any atom is 0.337 e.